The van der Waals surface area contributed by atoms with E-state index in [1.165, 1.54) is 0 Å². The van der Waals surface area contributed by atoms with Crippen molar-refractivity contribution in [3.63, 3.8) is 0 Å². The zero-order chi connectivity index (χ0) is 12.7. The molecule has 3 N–H and O–H groups in total. The summed E-state index contributed by atoms with van der Waals surface area (Å²) in [5, 5.41) is 2.85. The highest BCUT2D eigenvalue weighted by atomic mass is 35.5. The number of hydrogen-bond donors (Lipinski definition) is 2. The van der Waals surface area contributed by atoms with Crippen LogP contribution in [-0.4, -0.2) is 25.0 Å². The van der Waals surface area contributed by atoms with E-state index in [2.05, 4.69) is 5.32 Å². The van der Waals surface area contributed by atoms with Crippen LogP contribution in [0.5, 0.6) is 5.75 Å². The molecular weight excluding hydrogens is 244 g/mol. The van der Waals surface area contributed by atoms with Crippen LogP contribution in [0.15, 0.2) is 24.3 Å². The molecule has 0 atom stereocenters. The molecule has 1 aromatic rings. The predicted molar refractivity (Wildman–Crippen MR) is 63.8 cm³/mol. The molecule has 0 aliphatic rings. The Morgan fingerprint density at radius 3 is 2.71 bits per heavy atom. The van der Waals surface area contributed by atoms with Crippen LogP contribution in [-0.2, 0) is 9.59 Å². The molecule has 0 aromatic heterocycles. The summed E-state index contributed by atoms with van der Waals surface area (Å²) in [7, 11) is 0. The predicted octanol–water partition coefficient (Wildman–Crippen LogP) is 0.710. The highest BCUT2D eigenvalue weighted by molar-refractivity contribution is 6.32. The number of amides is 2. The standard InChI is InChI=1S/C11H13ClN2O3/c12-8-3-1-2-4-9(8)17-6-5-11(16)14-7-10(13)15/h1-4H,5-7H2,(H2,13,15)(H,14,16). The van der Waals surface area contributed by atoms with E-state index < -0.39 is 5.91 Å². The van der Waals surface area contributed by atoms with Crippen molar-refractivity contribution < 1.29 is 14.3 Å². The molecule has 2 amide bonds. The van der Waals surface area contributed by atoms with E-state index in [0.29, 0.717) is 10.8 Å². The lowest BCUT2D eigenvalue weighted by Crippen LogP contribution is -2.33. The largest absolute Gasteiger partial charge is 0.491 e. The first-order valence-corrected chi connectivity index (χ1v) is 5.39. The van der Waals surface area contributed by atoms with Gasteiger partial charge in [-0.25, -0.2) is 0 Å². The summed E-state index contributed by atoms with van der Waals surface area (Å²) in [4.78, 5) is 21.6. The van der Waals surface area contributed by atoms with Crippen LogP contribution < -0.4 is 15.8 Å². The molecule has 0 unspecified atom stereocenters. The molecule has 17 heavy (non-hydrogen) atoms. The van der Waals surface area contributed by atoms with Gasteiger partial charge < -0.3 is 15.8 Å². The Hall–Kier alpha value is -1.75. The topological polar surface area (TPSA) is 81.4 Å². The Labute approximate surface area is 104 Å². The molecule has 5 nitrogen and oxygen atoms in total. The molecule has 6 heteroatoms. The number of carbonyl (C=O) groups excluding carboxylic acids is 2. The molecule has 0 fully saturated rings. The molecule has 0 spiro atoms. The van der Waals surface area contributed by atoms with E-state index >= 15 is 0 Å². The van der Waals surface area contributed by atoms with Crippen LogP contribution in [0.2, 0.25) is 5.02 Å². The number of carbonyl (C=O) groups is 2. The molecule has 0 radical (unpaired) electrons. The molecule has 0 saturated heterocycles. The number of para-hydroxylation sites is 1. The highest BCUT2D eigenvalue weighted by Crippen LogP contribution is 2.22. The number of ether oxygens (including phenoxy) is 1. The number of nitrogens with two attached hydrogens (primary N) is 1. The summed E-state index contributed by atoms with van der Waals surface area (Å²) in [6.07, 6.45) is 0.137. The van der Waals surface area contributed by atoms with Gasteiger partial charge in [-0.15, -0.1) is 0 Å². The van der Waals surface area contributed by atoms with Gasteiger partial charge in [0.1, 0.15) is 5.75 Å². The second-order valence-corrected chi connectivity index (χ2v) is 3.68. The number of rotatable bonds is 6. The Morgan fingerprint density at radius 1 is 1.35 bits per heavy atom. The number of hydrogen-bond acceptors (Lipinski definition) is 3. The fourth-order valence-corrected chi connectivity index (χ4v) is 1.28. The Morgan fingerprint density at radius 2 is 2.06 bits per heavy atom. The van der Waals surface area contributed by atoms with Crippen LogP contribution >= 0.6 is 11.6 Å². The van der Waals surface area contributed by atoms with Gasteiger partial charge in [-0.05, 0) is 12.1 Å². The SMILES string of the molecule is NC(=O)CNC(=O)CCOc1ccccc1Cl. The molecular formula is C11H13ClN2O3. The maximum absolute atomic E-state index is 11.2. The van der Waals surface area contributed by atoms with Crippen molar-refractivity contribution in [2.45, 2.75) is 6.42 Å². The fourth-order valence-electron chi connectivity index (χ4n) is 1.09. The van der Waals surface area contributed by atoms with Gasteiger partial charge in [0.25, 0.3) is 0 Å². The molecule has 0 aliphatic heterocycles. The van der Waals surface area contributed by atoms with Crippen molar-refractivity contribution in [1.82, 2.24) is 5.32 Å². The second-order valence-electron chi connectivity index (χ2n) is 3.27. The van der Waals surface area contributed by atoms with Gasteiger partial charge in [-0.2, -0.15) is 0 Å². The van der Waals surface area contributed by atoms with Gasteiger partial charge in [0.05, 0.1) is 24.6 Å². The second kappa shape index (κ2) is 6.75. The molecule has 0 bridgehead atoms. The van der Waals surface area contributed by atoms with Crippen LogP contribution in [0, 0.1) is 0 Å². The number of halogens is 1. The number of primary amides is 1. The summed E-state index contributed by atoms with van der Waals surface area (Å²) < 4.78 is 5.31. The van der Waals surface area contributed by atoms with Gasteiger partial charge in [0.15, 0.2) is 0 Å². The first-order valence-electron chi connectivity index (χ1n) is 5.02. The van der Waals surface area contributed by atoms with Crippen LogP contribution in [0.25, 0.3) is 0 Å². The summed E-state index contributed by atoms with van der Waals surface area (Å²) in [5.74, 6) is -0.349. The third-order valence-corrected chi connectivity index (χ3v) is 2.20. The van der Waals surface area contributed by atoms with E-state index in [1.807, 2.05) is 0 Å². The lowest BCUT2D eigenvalue weighted by Gasteiger charge is -2.07. The van der Waals surface area contributed by atoms with Crippen LogP contribution in [0.1, 0.15) is 6.42 Å². The van der Waals surface area contributed by atoms with Gasteiger partial charge in [-0.3, -0.25) is 9.59 Å². The monoisotopic (exact) mass is 256 g/mol. The van der Waals surface area contributed by atoms with Crippen molar-refractivity contribution in [2.75, 3.05) is 13.2 Å². The highest BCUT2D eigenvalue weighted by Gasteiger charge is 2.04. The van der Waals surface area contributed by atoms with Gasteiger partial charge in [-0.1, -0.05) is 23.7 Å². The smallest absolute Gasteiger partial charge is 0.236 e. The van der Waals surface area contributed by atoms with Crippen molar-refractivity contribution >= 4 is 23.4 Å². The zero-order valence-corrected chi connectivity index (χ0v) is 9.87. The van der Waals surface area contributed by atoms with E-state index in [-0.39, 0.29) is 25.5 Å². The average Bonchev–Trinajstić information content (AvgIpc) is 2.29. The quantitative estimate of drug-likeness (QED) is 0.787. The number of benzene rings is 1. The minimum Gasteiger partial charge on any atom is -0.491 e. The van der Waals surface area contributed by atoms with Crippen molar-refractivity contribution in [3.05, 3.63) is 29.3 Å². The average molecular weight is 257 g/mol. The van der Waals surface area contributed by atoms with E-state index in [0.717, 1.165) is 0 Å². The lowest BCUT2D eigenvalue weighted by atomic mass is 10.3. The summed E-state index contributed by atoms with van der Waals surface area (Å²) in [5.41, 5.74) is 4.88. The summed E-state index contributed by atoms with van der Waals surface area (Å²) >= 11 is 5.86. The number of nitrogens with one attached hydrogen (secondary N) is 1. The molecule has 1 aromatic carbocycles. The van der Waals surface area contributed by atoms with E-state index in [4.69, 9.17) is 22.1 Å². The minimum absolute atomic E-state index is 0.137. The van der Waals surface area contributed by atoms with Gasteiger partial charge in [0.2, 0.25) is 11.8 Å². The Balaban J connectivity index is 2.26. The van der Waals surface area contributed by atoms with Crippen LogP contribution in [0.3, 0.4) is 0 Å². The maximum Gasteiger partial charge on any atom is 0.236 e. The molecule has 0 saturated carbocycles. The summed E-state index contributed by atoms with van der Waals surface area (Å²) in [6.45, 7) is 0.0270. The van der Waals surface area contributed by atoms with E-state index in [1.54, 1.807) is 24.3 Å². The van der Waals surface area contributed by atoms with Crippen molar-refractivity contribution in [1.29, 1.82) is 0 Å². The van der Waals surface area contributed by atoms with Crippen LogP contribution in [0.4, 0.5) is 0 Å². The third kappa shape index (κ3) is 5.21. The van der Waals surface area contributed by atoms with E-state index in [9.17, 15) is 9.59 Å². The maximum atomic E-state index is 11.2. The first kappa shape index (κ1) is 13.3. The lowest BCUT2D eigenvalue weighted by molar-refractivity contribution is -0.125. The zero-order valence-electron chi connectivity index (χ0n) is 9.11. The Kier molecular flexibility index (Phi) is 5.29. The summed E-state index contributed by atoms with van der Waals surface area (Å²) in [6, 6.07) is 6.98. The van der Waals surface area contributed by atoms with Crippen molar-refractivity contribution in [3.8, 4) is 5.75 Å². The molecule has 1 rings (SSSR count). The van der Waals surface area contributed by atoms with Gasteiger partial charge in [0, 0.05) is 0 Å². The Bertz CT molecular complexity index is 409. The third-order valence-electron chi connectivity index (χ3n) is 1.88. The van der Waals surface area contributed by atoms with Gasteiger partial charge >= 0.3 is 0 Å². The normalized spacial score (nSPS) is 9.71. The molecule has 0 aliphatic carbocycles. The first-order chi connectivity index (χ1) is 8.09. The van der Waals surface area contributed by atoms with Crippen molar-refractivity contribution in [2.24, 2.45) is 5.73 Å². The molecule has 92 valence electrons. The fraction of sp³-hybridized carbons (Fsp3) is 0.273. The molecule has 0 heterocycles. The minimum atomic E-state index is -0.578.